The summed E-state index contributed by atoms with van der Waals surface area (Å²) in [7, 11) is 0. The van der Waals surface area contributed by atoms with Crippen molar-refractivity contribution in [2.45, 2.75) is 32.6 Å². The number of ether oxygens (including phenoxy) is 1. The van der Waals surface area contributed by atoms with Crippen LogP contribution in [-0.2, 0) is 6.54 Å². The third-order valence-electron chi connectivity index (χ3n) is 3.26. The minimum absolute atomic E-state index is 0.00925. The molecule has 0 amide bonds. The van der Waals surface area contributed by atoms with Gasteiger partial charge in [0.05, 0.1) is 22.3 Å². The number of rotatable bonds is 7. The fourth-order valence-corrected chi connectivity index (χ4v) is 2.83. The molecule has 3 nitrogen and oxygen atoms in total. The van der Waals surface area contributed by atoms with Crippen molar-refractivity contribution in [3.05, 3.63) is 63.6 Å². The summed E-state index contributed by atoms with van der Waals surface area (Å²) in [4.78, 5) is 0. The van der Waals surface area contributed by atoms with Gasteiger partial charge < -0.3 is 15.2 Å². The van der Waals surface area contributed by atoms with E-state index in [4.69, 9.17) is 27.9 Å². The second-order valence-electron chi connectivity index (χ2n) is 5.61. The third kappa shape index (κ3) is 5.40. The number of nitrogens with one attached hydrogen (secondary N) is 1. The first kappa shape index (κ1) is 18.1. The van der Waals surface area contributed by atoms with Gasteiger partial charge in [-0.1, -0.05) is 53.5 Å². The SMILES string of the molecule is CC(C)Oc1c(Cl)cc(CNC[C@@H](O)c2ccccc2)cc1Cl. The molecule has 0 saturated carbocycles. The minimum Gasteiger partial charge on any atom is -0.488 e. The van der Waals surface area contributed by atoms with E-state index in [1.54, 1.807) is 0 Å². The van der Waals surface area contributed by atoms with Crippen LogP contribution in [0.4, 0.5) is 0 Å². The zero-order valence-electron chi connectivity index (χ0n) is 13.2. The molecule has 0 aliphatic rings. The van der Waals surface area contributed by atoms with Crippen molar-refractivity contribution in [3.63, 3.8) is 0 Å². The maximum absolute atomic E-state index is 10.1. The number of hydrogen-bond acceptors (Lipinski definition) is 3. The molecule has 0 aromatic heterocycles. The highest BCUT2D eigenvalue weighted by atomic mass is 35.5. The van der Waals surface area contributed by atoms with Crippen LogP contribution in [-0.4, -0.2) is 17.8 Å². The van der Waals surface area contributed by atoms with Gasteiger partial charge in [0, 0.05) is 13.1 Å². The van der Waals surface area contributed by atoms with Gasteiger partial charge >= 0.3 is 0 Å². The Labute approximate surface area is 147 Å². The lowest BCUT2D eigenvalue weighted by Gasteiger charge is -2.15. The summed E-state index contributed by atoms with van der Waals surface area (Å²) in [5, 5.41) is 14.3. The number of aliphatic hydroxyl groups excluding tert-OH is 1. The van der Waals surface area contributed by atoms with Crippen molar-refractivity contribution < 1.29 is 9.84 Å². The number of benzene rings is 2. The summed E-state index contributed by atoms with van der Waals surface area (Å²) in [6.07, 6.45) is -0.541. The van der Waals surface area contributed by atoms with Crippen LogP contribution in [0.1, 0.15) is 31.1 Å². The monoisotopic (exact) mass is 353 g/mol. The predicted octanol–water partition coefficient (Wildman–Crippen LogP) is 4.60. The average molecular weight is 354 g/mol. The molecule has 0 saturated heterocycles. The minimum atomic E-state index is -0.550. The van der Waals surface area contributed by atoms with E-state index >= 15 is 0 Å². The molecular weight excluding hydrogens is 333 g/mol. The maximum Gasteiger partial charge on any atom is 0.156 e. The lowest BCUT2D eigenvalue weighted by Crippen LogP contribution is -2.21. The molecule has 2 aromatic carbocycles. The maximum atomic E-state index is 10.1. The fourth-order valence-electron chi connectivity index (χ4n) is 2.21. The molecule has 2 N–H and O–H groups in total. The average Bonchev–Trinajstić information content (AvgIpc) is 2.51. The topological polar surface area (TPSA) is 41.5 Å². The molecule has 2 rings (SSSR count). The van der Waals surface area contributed by atoms with Gasteiger partial charge in [-0.2, -0.15) is 0 Å². The molecular formula is C18H21Cl2NO2. The van der Waals surface area contributed by atoms with Crippen LogP contribution in [0.2, 0.25) is 10.0 Å². The molecule has 1 atom stereocenters. The van der Waals surface area contributed by atoms with Crippen molar-refractivity contribution in [1.82, 2.24) is 5.32 Å². The van der Waals surface area contributed by atoms with Gasteiger partial charge in [0.2, 0.25) is 0 Å². The summed E-state index contributed by atoms with van der Waals surface area (Å²) in [5.41, 5.74) is 1.83. The van der Waals surface area contributed by atoms with Crippen molar-refractivity contribution in [3.8, 4) is 5.75 Å². The van der Waals surface area contributed by atoms with Crippen molar-refractivity contribution in [2.75, 3.05) is 6.54 Å². The molecule has 0 fully saturated rings. The Bertz CT molecular complexity index is 609. The van der Waals surface area contributed by atoms with Crippen molar-refractivity contribution in [2.24, 2.45) is 0 Å². The Morgan fingerprint density at radius 3 is 2.26 bits per heavy atom. The molecule has 2 aromatic rings. The van der Waals surface area contributed by atoms with Crippen LogP contribution < -0.4 is 10.1 Å². The molecule has 0 heterocycles. The van der Waals surface area contributed by atoms with Gasteiger partial charge in [0.25, 0.3) is 0 Å². The smallest absolute Gasteiger partial charge is 0.156 e. The second kappa shape index (κ2) is 8.55. The van der Waals surface area contributed by atoms with E-state index in [1.165, 1.54) is 0 Å². The highest BCUT2D eigenvalue weighted by Gasteiger charge is 2.12. The standard InChI is InChI=1S/C18H21Cl2NO2/c1-12(2)23-18-15(19)8-13(9-16(18)20)10-21-11-17(22)14-6-4-3-5-7-14/h3-9,12,17,21-22H,10-11H2,1-2H3/t17-/m1/s1. The van der Waals surface area contributed by atoms with E-state index in [0.29, 0.717) is 28.9 Å². The van der Waals surface area contributed by atoms with Gasteiger partial charge in [0.1, 0.15) is 0 Å². The number of aliphatic hydroxyl groups is 1. The first-order chi connectivity index (χ1) is 11.0. The van der Waals surface area contributed by atoms with E-state index in [0.717, 1.165) is 11.1 Å². The van der Waals surface area contributed by atoms with Gasteiger partial charge in [-0.25, -0.2) is 0 Å². The predicted molar refractivity (Wildman–Crippen MR) is 95.3 cm³/mol. The molecule has 5 heteroatoms. The van der Waals surface area contributed by atoms with Crippen LogP contribution in [0.25, 0.3) is 0 Å². The van der Waals surface area contributed by atoms with Gasteiger partial charge in [0.15, 0.2) is 5.75 Å². The first-order valence-corrected chi connectivity index (χ1v) is 8.31. The highest BCUT2D eigenvalue weighted by Crippen LogP contribution is 2.34. The normalized spacial score (nSPS) is 12.4. The quantitative estimate of drug-likeness (QED) is 0.763. The molecule has 0 radical (unpaired) electrons. The van der Waals surface area contributed by atoms with Crippen LogP contribution in [0.15, 0.2) is 42.5 Å². The number of hydrogen-bond donors (Lipinski definition) is 2. The largest absolute Gasteiger partial charge is 0.488 e. The fraction of sp³-hybridized carbons (Fsp3) is 0.333. The first-order valence-electron chi connectivity index (χ1n) is 7.55. The second-order valence-corrected chi connectivity index (χ2v) is 6.43. The summed E-state index contributed by atoms with van der Waals surface area (Å²) in [6, 6.07) is 13.2. The molecule has 0 aliphatic heterocycles. The molecule has 0 bridgehead atoms. The van der Waals surface area contributed by atoms with Gasteiger partial charge in [-0.05, 0) is 37.1 Å². The zero-order chi connectivity index (χ0) is 16.8. The Morgan fingerprint density at radius 1 is 1.09 bits per heavy atom. The summed E-state index contributed by atoms with van der Waals surface area (Å²) in [5.74, 6) is 0.511. The van der Waals surface area contributed by atoms with Gasteiger partial charge in [-0.3, -0.25) is 0 Å². The van der Waals surface area contributed by atoms with Crippen molar-refractivity contribution in [1.29, 1.82) is 0 Å². The lowest BCUT2D eigenvalue weighted by atomic mass is 10.1. The Kier molecular flexibility index (Phi) is 6.72. The summed E-state index contributed by atoms with van der Waals surface area (Å²) < 4.78 is 5.61. The molecule has 0 aliphatic carbocycles. The van der Waals surface area contributed by atoms with E-state index < -0.39 is 6.10 Å². The van der Waals surface area contributed by atoms with Crippen LogP contribution in [0, 0.1) is 0 Å². The Balaban J connectivity index is 1.93. The van der Waals surface area contributed by atoms with Crippen LogP contribution >= 0.6 is 23.2 Å². The molecule has 23 heavy (non-hydrogen) atoms. The Hall–Kier alpha value is -1.26. The van der Waals surface area contributed by atoms with Gasteiger partial charge in [-0.15, -0.1) is 0 Å². The summed E-state index contributed by atoms with van der Waals surface area (Å²) in [6.45, 7) is 4.86. The molecule has 0 spiro atoms. The van der Waals surface area contributed by atoms with Crippen LogP contribution in [0.5, 0.6) is 5.75 Å². The molecule has 0 unspecified atom stereocenters. The van der Waals surface area contributed by atoms with Crippen molar-refractivity contribution >= 4 is 23.2 Å². The van der Waals surface area contributed by atoms with E-state index in [1.807, 2.05) is 56.3 Å². The molecule has 124 valence electrons. The van der Waals surface area contributed by atoms with Crippen LogP contribution in [0.3, 0.4) is 0 Å². The zero-order valence-corrected chi connectivity index (χ0v) is 14.7. The van der Waals surface area contributed by atoms with E-state index in [-0.39, 0.29) is 6.10 Å². The number of halogens is 2. The highest BCUT2D eigenvalue weighted by molar-refractivity contribution is 6.37. The van der Waals surface area contributed by atoms with E-state index in [9.17, 15) is 5.11 Å². The summed E-state index contributed by atoms with van der Waals surface area (Å²) >= 11 is 12.5. The van der Waals surface area contributed by atoms with E-state index in [2.05, 4.69) is 5.32 Å². The Morgan fingerprint density at radius 2 is 1.70 bits per heavy atom. The lowest BCUT2D eigenvalue weighted by molar-refractivity contribution is 0.174. The third-order valence-corrected chi connectivity index (χ3v) is 3.82.